The summed E-state index contributed by atoms with van der Waals surface area (Å²) in [6, 6.07) is 0. The van der Waals surface area contributed by atoms with E-state index in [1.165, 1.54) is 19.3 Å². The molecule has 0 aromatic rings. The van der Waals surface area contributed by atoms with E-state index in [-0.39, 0.29) is 13.0 Å². The predicted molar refractivity (Wildman–Crippen MR) is 110 cm³/mol. The van der Waals surface area contributed by atoms with E-state index in [4.69, 9.17) is 14.5 Å². The van der Waals surface area contributed by atoms with Crippen LogP contribution in [-0.2, 0) is 18.6 Å². The number of aliphatic hydroxyl groups is 1. The molecule has 0 saturated heterocycles. The molecular formula is C20H37O7P. The molecule has 0 saturated carbocycles. The highest BCUT2D eigenvalue weighted by atomic mass is 31.2. The van der Waals surface area contributed by atoms with Crippen molar-refractivity contribution in [1.82, 2.24) is 0 Å². The Hall–Kier alpha value is -0.980. The van der Waals surface area contributed by atoms with Gasteiger partial charge in [-0.25, -0.2) is 4.57 Å². The number of hydrogen-bond donors (Lipinski definition) is 3. The van der Waals surface area contributed by atoms with Gasteiger partial charge in [0.15, 0.2) is 0 Å². The van der Waals surface area contributed by atoms with E-state index in [2.05, 4.69) is 35.8 Å². The highest BCUT2D eigenvalue weighted by molar-refractivity contribution is 7.46. The van der Waals surface area contributed by atoms with Gasteiger partial charge in [0, 0.05) is 6.42 Å². The van der Waals surface area contributed by atoms with Gasteiger partial charge in [-0.05, 0) is 32.1 Å². The number of unbranched alkanes of at least 4 members (excludes halogenated alkanes) is 7. The van der Waals surface area contributed by atoms with Crippen LogP contribution < -0.4 is 0 Å². The molecule has 3 N–H and O–H groups in total. The van der Waals surface area contributed by atoms with Crippen LogP contribution in [0.1, 0.15) is 77.6 Å². The SMILES string of the molecule is CCCC/C=C\C/C=C\CCCCCCCC(=O)OC[C@@H](O)COP(=O)(O)O. The molecule has 28 heavy (non-hydrogen) atoms. The summed E-state index contributed by atoms with van der Waals surface area (Å²) in [5, 5.41) is 9.40. The summed E-state index contributed by atoms with van der Waals surface area (Å²) < 4.78 is 19.5. The third-order valence-corrected chi connectivity index (χ3v) is 4.44. The first-order valence-corrected chi connectivity index (χ1v) is 11.7. The molecule has 0 fully saturated rings. The monoisotopic (exact) mass is 420 g/mol. The zero-order valence-electron chi connectivity index (χ0n) is 17.0. The minimum atomic E-state index is -4.62. The van der Waals surface area contributed by atoms with Gasteiger partial charge >= 0.3 is 13.8 Å². The van der Waals surface area contributed by atoms with E-state index >= 15 is 0 Å². The Labute approximate surface area is 169 Å². The van der Waals surface area contributed by atoms with Gasteiger partial charge in [0.05, 0.1) is 6.61 Å². The number of aliphatic hydroxyl groups excluding tert-OH is 1. The molecule has 0 aliphatic heterocycles. The maximum atomic E-state index is 11.5. The number of hydrogen-bond acceptors (Lipinski definition) is 5. The summed E-state index contributed by atoms with van der Waals surface area (Å²) in [6.07, 6.45) is 18.7. The van der Waals surface area contributed by atoms with Crippen LogP contribution in [0, 0.1) is 0 Å². The van der Waals surface area contributed by atoms with Crippen LogP contribution in [0.4, 0.5) is 0 Å². The Balaban J connectivity index is 3.45. The number of esters is 1. The number of allylic oxidation sites excluding steroid dienone is 4. The predicted octanol–water partition coefficient (Wildman–Crippen LogP) is 4.42. The molecular weight excluding hydrogens is 383 g/mol. The number of rotatable bonds is 18. The highest BCUT2D eigenvalue weighted by Crippen LogP contribution is 2.35. The molecule has 0 heterocycles. The minimum Gasteiger partial charge on any atom is -0.463 e. The topological polar surface area (TPSA) is 113 Å². The van der Waals surface area contributed by atoms with Crippen molar-refractivity contribution in [1.29, 1.82) is 0 Å². The molecule has 0 rings (SSSR count). The molecule has 0 bridgehead atoms. The van der Waals surface area contributed by atoms with Crippen LogP contribution in [0.25, 0.3) is 0 Å². The average molecular weight is 420 g/mol. The van der Waals surface area contributed by atoms with Gasteiger partial charge in [-0.3, -0.25) is 9.32 Å². The summed E-state index contributed by atoms with van der Waals surface area (Å²) in [4.78, 5) is 28.5. The van der Waals surface area contributed by atoms with E-state index in [0.717, 1.165) is 44.9 Å². The van der Waals surface area contributed by atoms with Crippen molar-refractivity contribution in [3.8, 4) is 0 Å². The summed E-state index contributed by atoms with van der Waals surface area (Å²) in [5.41, 5.74) is 0. The zero-order valence-corrected chi connectivity index (χ0v) is 17.9. The second-order valence-corrected chi connectivity index (χ2v) is 7.99. The van der Waals surface area contributed by atoms with Crippen LogP contribution in [0.5, 0.6) is 0 Å². The molecule has 7 nitrogen and oxygen atoms in total. The van der Waals surface area contributed by atoms with E-state index in [1.54, 1.807) is 0 Å². The molecule has 164 valence electrons. The van der Waals surface area contributed by atoms with Crippen LogP contribution in [0.3, 0.4) is 0 Å². The maximum absolute atomic E-state index is 11.5. The van der Waals surface area contributed by atoms with E-state index < -0.39 is 26.5 Å². The molecule has 0 aliphatic rings. The van der Waals surface area contributed by atoms with Crippen molar-refractivity contribution in [3.63, 3.8) is 0 Å². The van der Waals surface area contributed by atoms with Crippen molar-refractivity contribution in [2.24, 2.45) is 0 Å². The lowest BCUT2D eigenvalue weighted by atomic mass is 10.1. The number of carbonyl (C=O) groups is 1. The maximum Gasteiger partial charge on any atom is 0.469 e. The van der Waals surface area contributed by atoms with Gasteiger partial charge < -0.3 is 19.6 Å². The van der Waals surface area contributed by atoms with Crippen LogP contribution in [0.15, 0.2) is 24.3 Å². The number of ether oxygens (including phenoxy) is 1. The first-order valence-electron chi connectivity index (χ1n) is 10.2. The van der Waals surface area contributed by atoms with Gasteiger partial charge in [0.2, 0.25) is 0 Å². The van der Waals surface area contributed by atoms with Crippen molar-refractivity contribution in [3.05, 3.63) is 24.3 Å². The molecule has 0 aromatic heterocycles. The molecule has 0 radical (unpaired) electrons. The van der Waals surface area contributed by atoms with Gasteiger partial charge in [0.1, 0.15) is 12.7 Å². The molecule has 0 aliphatic carbocycles. The first-order chi connectivity index (χ1) is 13.3. The lowest BCUT2D eigenvalue weighted by Crippen LogP contribution is -2.23. The van der Waals surface area contributed by atoms with Crippen LogP contribution in [0.2, 0.25) is 0 Å². The van der Waals surface area contributed by atoms with E-state index in [9.17, 15) is 14.5 Å². The highest BCUT2D eigenvalue weighted by Gasteiger charge is 2.17. The van der Waals surface area contributed by atoms with E-state index in [1.807, 2.05) is 0 Å². The summed E-state index contributed by atoms with van der Waals surface area (Å²) in [6.45, 7) is 1.28. The fourth-order valence-corrected chi connectivity index (χ4v) is 2.75. The average Bonchev–Trinajstić information content (AvgIpc) is 2.64. The summed E-state index contributed by atoms with van der Waals surface area (Å²) in [7, 11) is -4.62. The second-order valence-electron chi connectivity index (χ2n) is 6.75. The van der Waals surface area contributed by atoms with E-state index in [0.29, 0.717) is 0 Å². The Kier molecular flexibility index (Phi) is 17.4. The molecule has 0 unspecified atom stereocenters. The van der Waals surface area contributed by atoms with Crippen LogP contribution in [-0.4, -0.2) is 40.2 Å². The van der Waals surface area contributed by atoms with Gasteiger partial charge in [0.25, 0.3) is 0 Å². The zero-order chi connectivity index (χ0) is 21.1. The number of phosphoric acid groups is 1. The quantitative estimate of drug-likeness (QED) is 0.130. The fourth-order valence-electron chi connectivity index (χ4n) is 2.38. The fraction of sp³-hybridized carbons (Fsp3) is 0.750. The molecule has 0 amide bonds. The number of phosphoric ester groups is 1. The third kappa shape index (κ3) is 21.3. The largest absolute Gasteiger partial charge is 0.469 e. The second kappa shape index (κ2) is 18.1. The lowest BCUT2D eigenvalue weighted by molar-refractivity contribution is -0.147. The normalized spacial score (nSPS) is 13.4. The molecule has 0 aromatic carbocycles. The molecule has 0 spiro atoms. The van der Waals surface area contributed by atoms with Crippen molar-refractivity contribution in [2.45, 2.75) is 83.7 Å². The Morgan fingerprint density at radius 1 is 0.929 bits per heavy atom. The molecule has 8 heteroatoms. The molecule has 1 atom stereocenters. The lowest BCUT2D eigenvalue weighted by Gasteiger charge is -2.12. The van der Waals surface area contributed by atoms with Gasteiger partial charge in [-0.15, -0.1) is 0 Å². The number of carbonyl (C=O) groups excluding carboxylic acids is 1. The minimum absolute atomic E-state index is 0.274. The van der Waals surface area contributed by atoms with Gasteiger partial charge in [-0.1, -0.05) is 63.3 Å². The Morgan fingerprint density at radius 3 is 2.18 bits per heavy atom. The Bertz CT molecular complexity index is 485. The standard InChI is InChI=1S/C20H37O7P/c1-2-3-4-5-6-7-8-9-10-11-12-13-14-15-16-20(22)26-17-19(21)18-27-28(23,24)25/h5-6,8-9,19,21H,2-4,7,10-18H2,1H3,(H2,23,24,25)/b6-5-,9-8-/t19-/m1/s1. The smallest absolute Gasteiger partial charge is 0.463 e. The van der Waals surface area contributed by atoms with Crippen molar-refractivity contribution in [2.75, 3.05) is 13.2 Å². The van der Waals surface area contributed by atoms with Crippen LogP contribution >= 0.6 is 7.82 Å². The van der Waals surface area contributed by atoms with Crippen molar-refractivity contribution < 1.29 is 33.5 Å². The Morgan fingerprint density at radius 2 is 1.54 bits per heavy atom. The van der Waals surface area contributed by atoms with Crippen molar-refractivity contribution >= 4 is 13.8 Å². The first kappa shape index (κ1) is 27.0. The summed E-state index contributed by atoms with van der Waals surface area (Å²) >= 11 is 0. The summed E-state index contributed by atoms with van der Waals surface area (Å²) in [5.74, 6) is -0.426. The van der Waals surface area contributed by atoms with Gasteiger partial charge in [-0.2, -0.15) is 0 Å². The third-order valence-electron chi connectivity index (χ3n) is 3.95.